The Morgan fingerprint density at radius 3 is 2.79 bits per heavy atom. The summed E-state index contributed by atoms with van der Waals surface area (Å²) in [5.41, 5.74) is 1.20. The topological polar surface area (TPSA) is 71.5 Å². The predicted octanol–water partition coefficient (Wildman–Crippen LogP) is 1.37. The van der Waals surface area contributed by atoms with E-state index in [0.717, 1.165) is 10.6 Å². The third kappa shape index (κ3) is 3.30. The number of carbonyl (C=O) groups excluding carboxylic acids is 2. The van der Waals surface area contributed by atoms with E-state index in [1.807, 2.05) is 35.9 Å². The van der Waals surface area contributed by atoms with Gasteiger partial charge >= 0.3 is 6.03 Å². The number of rotatable bonds is 4. The Hall–Kier alpha value is -2.78. The van der Waals surface area contributed by atoms with E-state index < -0.39 is 24.1 Å². The number of urea groups is 1. The smallest absolute Gasteiger partial charge is 0.310 e. The largest absolute Gasteiger partial charge is 0.328 e. The maximum absolute atomic E-state index is 14.1. The zero-order valence-corrected chi connectivity index (χ0v) is 16.7. The van der Waals surface area contributed by atoms with Crippen LogP contribution in [0.15, 0.2) is 41.5 Å². The number of hydrazone groups is 1. The van der Waals surface area contributed by atoms with Crippen molar-refractivity contribution in [2.45, 2.75) is 38.9 Å². The lowest BCUT2D eigenvalue weighted by atomic mass is 10.1. The van der Waals surface area contributed by atoms with Crippen molar-refractivity contribution in [3.8, 4) is 0 Å². The fourth-order valence-electron chi connectivity index (χ4n) is 4.15. The zero-order valence-electron chi connectivity index (χ0n) is 16.7. The van der Waals surface area contributed by atoms with Crippen LogP contribution in [0, 0.1) is 5.82 Å². The van der Waals surface area contributed by atoms with E-state index in [4.69, 9.17) is 0 Å². The van der Waals surface area contributed by atoms with Crippen LogP contribution in [0.2, 0.25) is 0 Å². The first-order valence-electron chi connectivity index (χ1n) is 9.67. The van der Waals surface area contributed by atoms with E-state index in [2.05, 4.69) is 10.4 Å². The predicted molar refractivity (Wildman–Crippen MR) is 106 cm³/mol. The van der Waals surface area contributed by atoms with Crippen LogP contribution in [-0.4, -0.2) is 76.0 Å². The van der Waals surface area contributed by atoms with Crippen LogP contribution >= 0.6 is 0 Å². The highest BCUT2D eigenvalue weighted by Gasteiger charge is 2.56. The van der Waals surface area contributed by atoms with Gasteiger partial charge in [0.25, 0.3) is 5.91 Å². The third-order valence-electron chi connectivity index (χ3n) is 5.57. The van der Waals surface area contributed by atoms with Crippen molar-refractivity contribution in [2.24, 2.45) is 5.10 Å². The van der Waals surface area contributed by atoms with Gasteiger partial charge in [0.05, 0.1) is 13.1 Å². The summed E-state index contributed by atoms with van der Waals surface area (Å²) in [6, 6.07) is 5.20. The van der Waals surface area contributed by atoms with E-state index in [1.165, 1.54) is 11.0 Å². The lowest BCUT2D eigenvalue weighted by molar-refractivity contribution is -0.139. The van der Waals surface area contributed by atoms with Gasteiger partial charge in [-0.2, -0.15) is 5.10 Å². The van der Waals surface area contributed by atoms with Crippen molar-refractivity contribution in [3.63, 3.8) is 0 Å². The number of imide groups is 1. The van der Waals surface area contributed by atoms with Gasteiger partial charge in [0, 0.05) is 24.9 Å². The van der Waals surface area contributed by atoms with Gasteiger partial charge in [0.1, 0.15) is 18.0 Å². The first-order valence-corrected chi connectivity index (χ1v) is 9.67. The quantitative estimate of drug-likeness (QED) is 0.773. The zero-order chi connectivity index (χ0) is 20.7. The second kappa shape index (κ2) is 7.57. The third-order valence-corrected chi connectivity index (χ3v) is 5.57. The first-order chi connectivity index (χ1) is 13.9. The molecule has 0 spiro atoms. The molecule has 9 heteroatoms. The summed E-state index contributed by atoms with van der Waals surface area (Å²) in [6.07, 6.45) is 3.18. The molecule has 0 saturated carbocycles. The van der Waals surface area contributed by atoms with Gasteiger partial charge in [0.2, 0.25) is 0 Å². The van der Waals surface area contributed by atoms with Crippen LogP contribution in [0.25, 0.3) is 0 Å². The molecule has 3 aliphatic rings. The standard InChI is InChI=1S/C20H25FN6O2/c1-4-5-10-27-19-22-17-16(25(19)11-13(2)23-27)18(28)26(20(29)24(17)3)12-14-8-6-7-9-15(14)21/h4-9,16-17,19,22H,10-12H2,1-3H3/b5-4+. The number of fused-ring (bicyclic) bond motifs is 3. The Bertz CT molecular complexity index is 887. The monoisotopic (exact) mass is 400 g/mol. The van der Waals surface area contributed by atoms with Crippen molar-refractivity contribution in [1.82, 2.24) is 25.0 Å². The minimum absolute atomic E-state index is 0.0915. The minimum atomic E-state index is -0.562. The molecular formula is C20H25FN6O2. The number of hydrogen-bond acceptors (Lipinski definition) is 6. The molecule has 3 amide bonds. The summed E-state index contributed by atoms with van der Waals surface area (Å²) in [7, 11) is 1.66. The summed E-state index contributed by atoms with van der Waals surface area (Å²) in [6.45, 7) is 4.88. The molecule has 3 heterocycles. The molecule has 0 radical (unpaired) electrons. The Balaban J connectivity index is 1.63. The first kappa shape index (κ1) is 19.5. The number of hydrogen-bond donors (Lipinski definition) is 1. The maximum atomic E-state index is 14.1. The number of nitrogens with one attached hydrogen (secondary N) is 1. The Labute approximate surface area is 169 Å². The van der Waals surface area contributed by atoms with Crippen molar-refractivity contribution in [3.05, 3.63) is 47.8 Å². The average molecular weight is 400 g/mol. The fraction of sp³-hybridized carbons (Fsp3) is 0.450. The van der Waals surface area contributed by atoms with Gasteiger partial charge in [-0.05, 0) is 19.9 Å². The second-order valence-corrected chi connectivity index (χ2v) is 7.54. The van der Waals surface area contributed by atoms with Gasteiger partial charge in [-0.25, -0.2) is 14.1 Å². The van der Waals surface area contributed by atoms with Gasteiger partial charge in [0.15, 0.2) is 6.29 Å². The number of halogens is 1. The van der Waals surface area contributed by atoms with E-state index in [9.17, 15) is 14.0 Å². The van der Waals surface area contributed by atoms with Gasteiger partial charge in [-0.15, -0.1) is 0 Å². The fourth-order valence-corrected chi connectivity index (χ4v) is 4.15. The highest BCUT2D eigenvalue weighted by molar-refractivity contribution is 6.01. The van der Waals surface area contributed by atoms with Crippen molar-refractivity contribution in [1.29, 1.82) is 0 Å². The van der Waals surface area contributed by atoms with Crippen molar-refractivity contribution < 1.29 is 14.0 Å². The molecule has 1 aromatic rings. The van der Waals surface area contributed by atoms with E-state index >= 15 is 0 Å². The highest BCUT2D eigenvalue weighted by atomic mass is 19.1. The van der Waals surface area contributed by atoms with Crippen LogP contribution in [0.1, 0.15) is 19.4 Å². The molecular weight excluding hydrogens is 375 g/mol. The number of carbonyl (C=O) groups is 2. The lowest BCUT2D eigenvalue weighted by Gasteiger charge is -2.42. The Morgan fingerprint density at radius 1 is 1.31 bits per heavy atom. The molecule has 3 aliphatic heterocycles. The van der Waals surface area contributed by atoms with Crippen LogP contribution in [-0.2, 0) is 11.3 Å². The SMILES string of the molecule is C/C=C/CN1N=C(C)CN2C3C(=O)N(Cc4ccccc4F)C(=O)N(C)C3NC12. The molecule has 2 saturated heterocycles. The molecule has 1 aromatic carbocycles. The summed E-state index contributed by atoms with van der Waals surface area (Å²) in [5.74, 6) is -0.754. The number of benzene rings is 1. The van der Waals surface area contributed by atoms with E-state index in [-0.39, 0.29) is 18.7 Å². The summed E-state index contributed by atoms with van der Waals surface area (Å²) >= 11 is 0. The Morgan fingerprint density at radius 2 is 2.07 bits per heavy atom. The number of nitrogens with zero attached hydrogens (tertiary/aromatic N) is 5. The molecule has 0 bridgehead atoms. The van der Waals surface area contributed by atoms with Gasteiger partial charge < -0.3 is 4.90 Å². The van der Waals surface area contributed by atoms with Crippen molar-refractivity contribution >= 4 is 17.6 Å². The average Bonchev–Trinajstić information content (AvgIpc) is 3.08. The molecule has 2 fully saturated rings. The van der Waals surface area contributed by atoms with Gasteiger partial charge in [-0.1, -0.05) is 30.4 Å². The summed E-state index contributed by atoms with van der Waals surface area (Å²) in [5, 5.41) is 9.86. The summed E-state index contributed by atoms with van der Waals surface area (Å²) in [4.78, 5) is 31.0. The summed E-state index contributed by atoms with van der Waals surface area (Å²) < 4.78 is 14.1. The lowest BCUT2D eigenvalue weighted by Crippen LogP contribution is -2.66. The van der Waals surface area contributed by atoms with Crippen LogP contribution < -0.4 is 5.32 Å². The molecule has 1 N–H and O–H groups in total. The maximum Gasteiger partial charge on any atom is 0.328 e. The second-order valence-electron chi connectivity index (χ2n) is 7.54. The van der Waals surface area contributed by atoms with Crippen LogP contribution in [0.4, 0.5) is 9.18 Å². The molecule has 0 aliphatic carbocycles. The highest BCUT2D eigenvalue weighted by Crippen LogP contribution is 2.31. The molecule has 3 unspecified atom stereocenters. The van der Waals surface area contributed by atoms with E-state index in [1.54, 1.807) is 25.2 Å². The number of amides is 3. The number of likely N-dealkylation sites (N-methyl/N-ethyl adjacent to an activating group) is 1. The molecule has 4 rings (SSSR count). The molecule has 154 valence electrons. The number of allylic oxidation sites excluding steroid dienone is 1. The molecule has 29 heavy (non-hydrogen) atoms. The minimum Gasteiger partial charge on any atom is -0.310 e. The molecule has 0 aromatic heterocycles. The van der Waals surface area contributed by atoms with Crippen molar-refractivity contribution in [2.75, 3.05) is 20.1 Å². The normalized spacial score (nSPS) is 27.5. The molecule has 3 atom stereocenters. The van der Waals surface area contributed by atoms with Gasteiger partial charge in [-0.3, -0.25) is 20.0 Å². The van der Waals surface area contributed by atoms with Crippen LogP contribution in [0.5, 0.6) is 0 Å². The van der Waals surface area contributed by atoms with Crippen LogP contribution in [0.3, 0.4) is 0 Å². The Kier molecular flexibility index (Phi) is 5.10. The van der Waals surface area contributed by atoms with E-state index in [0.29, 0.717) is 18.7 Å². The molecule has 8 nitrogen and oxygen atoms in total.